The lowest BCUT2D eigenvalue weighted by molar-refractivity contribution is 0.0774. The Kier molecular flexibility index (Phi) is 4.03. The summed E-state index contributed by atoms with van der Waals surface area (Å²) in [6, 6.07) is 2.48. The van der Waals surface area contributed by atoms with Crippen LogP contribution in [-0.2, 0) is 5.54 Å². The van der Waals surface area contributed by atoms with Gasteiger partial charge in [0.15, 0.2) is 5.69 Å². The van der Waals surface area contributed by atoms with Gasteiger partial charge in [-0.05, 0) is 59.7 Å². The van der Waals surface area contributed by atoms with Gasteiger partial charge in [-0.1, -0.05) is 6.92 Å². The second-order valence-corrected chi connectivity index (χ2v) is 8.53. The first-order valence-corrected chi connectivity index (χ1v) is 8.74. The van der Waals surface area contributed by atoms with Crippen molar-refractivity contribution in [3.05, 3.63) is 17.5 Å². The highest BCUT2D eigenvalue weighted by molar-refractivity contribution is 5.92. The van der Waals surface area contributed by atoms with Crippen LogP contribution in [0.25, 0.3) is 0 Å². The fourth-order valence-corrected chi connectivity index (χ4v) is 3.66. The molecular weight excluding hydrogens is 288 g/mol. The molecule has 1 saturated heterocycles. The summed E-state index contributed by atoms with van der Waals surface area (Å²) in [4.78, 5) is 17.1. The molecule has 1 aromatic rings. The van der Waals surface area contributed by atoms with Crippen LogP contribution < -0.4 is 0 Å². The number of carbonyl (C=O) groups is 1. The van der Waals surface area contributed by atoms with E-state index in [2.05, 4.69) is 51.4 Å². The zero-order valence-electron chi connectivity index (χ0n) is 15.3. The van der Waals surface area contributed by atoms with Gasteiger partial charge < -0.3 is 9.80 Å². The molecule has 1 aliphatic carbocycles. The van der Waals surface area contributed by atoms with Crippen molar-refractivity contribution in [2.45, 2.75) is 58.0 Å². The van der Waals surface area contributed by atoms with E-state index in [-0.39, 0.29) is 11.4 Å². The molecule has 2 fully saturated rings. The largest absolute Gasteiger partial charge is 0.335 e. The lowest BCUT2D eigenvalue weighted by Gasteiger charge is -2.22. The molecule has 0 radical (unpaired) electrons. The fourth-order valence-electron chi connectivity index (χ4n) is 3.66. The third-order valence-corrected chi connectivity index (χ3v) is 5.11. The van der Waals surface area contributed by atoms with Crippen LogP contribution >= 0.6 is 0 Å². The summed E-state index contributed by atoms with van der Waals surface area (Å²) < 4.78 is 2.07. The maximum atomic E-state index is 12.9. The van der Waals surface area contributed by atoms with E-state index >= 15 is 0 Å². The second kappa shape index (κ2) is 5.62. The van der Waals surface area contributed by atoms with E-state index in [1.165, 1.54) is 18.5 Å². The number of likely N-dealkylation sites (tertiary alicyclic amines) is 1. The van der Waals surface area contributed by atoms with Crippen molar-refractivity contribution in [3.8, 4) is 0 Å². The molecule has 2 unspecified atom stereocenters. The molecule has 0 bridgehead atoms. The highest BCUT2D eigenvalue weighted by Gasteiger charge is 2.37. The van der Waals surface area contributed by atoms with Crippen LogP contribution in [0, 0.1) is 5.92 Å². The van der Waals surface area contributed by atoms with E-state index in [1.807, 2.05) is 11.0 Å². The predicted octanol–water partition coefficient (Wildman–Crippen LogP) is 2.54. The van der Waals surface area contributed by atoms with Gasteiger partial charge in [0.2, 0.25) is 0 Å². The van der Waals surface area contributed by atoms with Crippen molar-refractivity contribution >= 4 is 5.91 Å². The number of nitrogens with zero attached hydrogens (tertiary/aromatic N) is 4. The lowest BCUT2D eigenvalue weighted by Crippen LogP contribution is -2.36. The monoisotopic (exact) mass is 318 g/mol. The smallest absolute Gasteiger partial charge is 0.274 e. The number of hydrogen-bond donors (Lipinski definition) is 0. The summed E-state index contributed by atoms with van der Waals surface area (Å²) >= 11 is 0. The molecule has 3 rings (SSSR count). The fraction of sp³-hybridized carbons (Fsp3) is 0.778. The predicted molar refractivity (Wildman–Crippen MR) is 91.7 cm³/mol. The molecule has 128 valence electrons. The van der Waals surface area contributed by atoms with Crippen LogP contribution in [-0.4, -0.2) is 58.7 Å². The molecule has 0 N–H and O–H groups in total. The minimum Gasteiger partial charge on any atom is -0.335 e. The molecule has 23 heavy (non-hydrogen) atoms. The molecule has 1 saturated carbocycles. The maximum absolute atomic E-state index is 12.9. The van der Waals surface area contributed by atoms with Crippen molar-refractivity contribution in [1.29, 1.82) is 0 Å². The average molecular weight is 318 g/mol. The molecule has 0 aromatic carbocycles. The average Bonchev–Trinajstić information content (AvgIpc) is 3.05. The Labute approximate surface area is 139 Å². The number of amides is 1. The van der Waals surface area contributed by atoms with Crippen LogP contribution in [0.2, 0.25) is 0 Å². The molecule has 5 nitrogen and oxygen atoms in total. The Morgan fingerprint density at radius 1 is 1.26 bits per heavy atom. The quantitative estimate of drug-likeness (QED) is 0.860. The topological polar surface area (TPSA) is 41.4 Å². The Morgan fingerprint density at radius 2 is 1.91 bits per heavy atom. The maximum Gasteiger partial charge on any atom is 0.274 e. The number of likely N-dealkylation sites (N-methyl/N-ethyl adjacent to an activating group) is 1. The van der Waals surface area contributed by atoms with E-state index < -0.39 is 0 Å². The molecular formula is C18H30N4O. The molecule has 2 heterocycles. The van der Waals surface area contributed by atoms with E-state index in [4.69, 9.17) is 5.10 Å². The lowest BCUT2D eigenvalue weighted by atomic mass is 10.1. The SMILES string of the molecule is CC1CN(C(=O)c2cc(C3CC3)n(C(C)(C)C)n2)CC1N(C)C. The minimum absolute atomic E-state index is 0.0824. The number of carbonyl (C=O) groups excluding carboxylic acids is 1. The van der Waals surface area contributed by atoms with Crippen molar-refractivity contribution in [2.75, 3.05) is 27.2 Å². The summed E-state index contributed by atoms with van der Waals surface area (Å²) in [6.07, 6.45) is 2.44. The number of aromatic nitrogens is 2. The summed E-state index contributed by atoms with van der Waals surface area (Å²) in [6.45, 7) is 10.3. The summed E-state index contributed by atoms with van der Waals surface area (Å²) in [5.41, 5.74) is 1.77. The van der Waals surface area contributed by atoms with E-state index in [0.29, 0.717) is 23.6 Å². The first-order valence-electron chi connectivity index (χ1n) is 8.74. The molecule has 1 aliphatic heterocycles. The molecule has 2 atom stereocenters. The zero-order valence-corrected chi connectivity index (χ0v) is 15.3. The van der Waals surface area contributed by atoms with Crippen molar-refractivity contribution in [1.82, 2.24) is 19.6 Å². The van der Waals surface area contributed by atoms with Gasteiger partial charge >= 0.3 is 0 Å². The Hall–Kier alpha value is -1.36. The van der Waals surface area contributed by atoms with Gasteiger partial charge in [-0.25, -0.2) is 0 Å². The molecule has 5 heteroatoms. The number of hydrogen-bond acceptors (Lipinski definition) is 3. The Bertz CT molecular complexity index is 595. The number of rotatable bonds is 3. The van der Waals surface area contributed by atoms with Crippen molar-refractivity contribution in [3.63, 3.8) is 0 Å². The summed E-state index contributed by atoms with van der Waals surface area (Å²) in [5, 5.41) is 4.69. The molecule has 1 aromatic heterocycles. The molecule has 1 amide bonds. The highest BCUT2D eigenvalue weighted by atomic mass is 16.2. The second-order valence-electron chi connectivity index (χ2n) is 8.53. The van der Waals surface area contributed by atoms with E-state index in [1.54, 1.807) is 0 Å². The van der Waals surface area contributed by atoms with Crippen LogP contribution in [0.15, 0.2) is 6.07 Å². The third-order valence-electron chi connectivity index (χ3n) is 5.11. The zero-order chi connectivity index (χ0) is 16.9. The van der Waals surface area contributed by atoms with Crippen LogP contribution in [0.3, 0.4) is 0 Å². The summed E-state index contributed by atoms with van der Waals surface area (Å²) in [7, 11) is 4.18. The van der Waals surface area contributed by atoms with Gasteiger partial charge in [0.1, 0.15) is 0 Å². The van der Waals surface area contributed by atoms with Gasteiger partial charge in [0, 0.05) is 30.7 Å². The standard InChI is InChI=1S/C18H30N4O/c1-12-10-21(11-16(12)20(5)6)17(23)14-9-15(13-7-8-13)22(19-14)18(2,3)4/h9,12-13,16H,7-8,10-11H2,1-6H3. The normalized spacial score (nSPS) is 25.4. The molecule has 2 aliphatic rings. The minimum atomic E-state index is -0.0824. The van der Waals surface area contributed by atoms with Crippen LogP contribution in [0.4, 0.5) is 0 Å². The third kappa shape index (κ3) is 3.16. The van der Waals surface area contributed by atoms with Crippen LogP contribution in [0.5, 0.6) is 0 Å². The van der Waals surface area contributed by atoms with Gasteiger partial charge in [-0.2, -0.15) is 5.10 Å². The summed E-state index contributed by atoms with van der Waals surface area (Å²) in [5.74, 6) is 1.18. The first kappa shape index (κ1) is 16.5. The Balaban J connectivity index is 1.83. The van der Waals surface area contributed by atoms with Crippen molar-refractivity contribution in [2.24, 2.45) is 5.92 Å². The molecule has 0 spiro atoms. The van der Waals surface area contributed by atoms with Gasteiger partial charge in [-0.3, -0.25) is 9.48 Å². The van der Waals surface area contributed by atoms with E-state index in [0.717, 1.165) is 13.1 Å². The van der Waals surface area contributed by atoms with E-state index in [9.17, 15) is 4.79 Å². The van der Waals surface area contributed by atoms with Gasteiger partial charge in [-0.15, -0.1) is 0 Å². The van der Waals surface area contributed by atoms with Crippen LogP contribution in [0.1, 0.15) is 62.6 Å². The highest BCUT2D eigenvalue weighted by Crippen LogP contribution is 2.42. The first-order chi connectivity index (χ1) is 10.7. The van der Waals surface area contributed by atoms with Crippen molar-refractivity contribution < 1.29 is 4.79 Å². The van der Waals surface area contributed by atoms with Gasteiger partial charge in [0.05, 0.1) is 5.54 Å². The van der Waals surface area contributed by atoms with Gasteiger partial charge in [0.25, 0.3) is 5.91 Å². The Morgan fingerprint density at radius 3 is 2.39 bits per heavy atom.